The van der Waals surface area contributed by atoms with Crippen molar-refractivity contribution in [2.45, 2.75) is 57.6 Å². The molecule has 0 aromatic carbocycles. The van der Waals surface area contributed by atoms with E-state index in [1.807, 2.05) is 0 Å². The molecule has 0 aromatic heterocycles. The summed E-state index contributed by atoms with van der Waals surface area (Å²) in [5.74, 6) is -1.40. The molecule has 1 saturated carbocycles. The van der Waals surface area contributed by atoms with Gasteiger partial charge in [-0.3, -0.25) is 9.59 Å². The third-order valence-electron chi connectivity index (χ3n) is 5.20. The van der Waals surface area contributed by atoms with E-state index in [1.165, 1.54) is 0 Å². The molecule has 5 heteroatoms. The van der Waals surface area contributed by atoms with Gasteiger partial charge < -0.3 is 10.4 Å². The molecule has 1 amide bonds. The SMILES string of the molecule is CCC1C[C@H](C(=O)NCC(CC)(CC)SC)[C@H](C(=O)O)C1. The first kappa shape index (κ1) is 18.3. The van der Waals surface area contributed by atoms with Crippen molar-refractivity contribution in [3.05, 3.63) is 0 Å². The smallest absolute Gasteiger partial charge is 0.307 e. The van der Waals surface area contributed by atoms with Crippen molar-refractivity contribution in [1.82, 2.24) is 5.32 Å². The molecule has 0 aliphatic heterocycles. The number of carboxylic acids is 1. The van der Waals surface area contributed by atoms with E-state index in [1.54, 1.807) is 11.8 Å². The maximum Gasteiger partial charge on any atom is 0.307 e. The molecule has 0 spiro atoms. The Morgan fingerprint density at radius 1 is 1.19 bits per heavy atom. The van der Waals surface area contributed by atoms with E-state index in [0.29, 0.717) is 25.3 Å². The number of carbonyl (C=O) groups is 2. The van der Waals surface area contributed by atoms with E-state index in [4.69, 9.17) is 0 Å². The summed E-state index contributed by atoms with van der Waals surface area (Å²) in [6, 6.07) is 0. The first-order chi connectivity index (χ1) is 9.92. The van der Waals surface area contributed by atoms with Crippen molar-refractivity contribution in [1.29, 1.82) is 0 Å². The maximum absolute atomic E-state index is 12.4. The monoisotopic (exact) mass is 315 g/mol. The lowest BCUT2D eigenvalue weighted by molar-refractivity contribution is -0.146. The molecule has 1 rings (SSSR count). The summed E-state index contributed by atoms with van der Waals surface area (Å²) in [7, 11) is 0. The number of carboxylic acid groups (broad SMARTS) is 1. The van der Waals surface area contributed by atoms with Gasteiger partial charge in [-0.25, -0.2) is 0 Å². The Hall–Kier alpha value is -0.710. The standard InChI is InChI=1S/C16H29NO3S/c1-5-11-8-12(13(9-11)15(19)20)14(18)17-10-16(6-2,7-3)21-4/h11-13H,5-10H2,1-4H3,(H,17,18)(H,19,20)/t11?,12-,13+/m0/s1. The predicted molar refractivity (Wildman–Crippen MR) is 87.5 cm³/mol. The van der Waals surface area contributed by atoms with Crippen LogP contribution in [0.25, 0.3) is 0 Å². The van der Waals surface area contributed by atoms with Crippen LogP contribution < -0.4 is 5.32 Å². The van der Waals surface area contributed by atoms with Crippen molar-refractivity contribution in [3.63, 3.8) is 0 Å². The van der Waals surface area contributed by atoms with Crippen molar-refractivity contribution in [2.75, 3.05) is 12.8 Å². The lowest BCUT2D eigenvalue weighted by atomic mass is 9.94. The van der Waals surface area contributed by atoms with Gasteiger partial charge in [-0.2, -0.15) is 11.8 Å². The number of amides is 1. The fourth-order valence-electron chi connectivity index (χ4n) is 3.28. The summed E-state index contributed by atoms with van der Waals surface area (Å²) in [5, 5.41) is 12.4. The van der Waals surface area contributed by atoms with Gasteiger partial charge in [0.05, 0.1) is 11.8 Å². The molecule has 3 atom stereocenters. The van der Waals surface area contributed by atoms with Crippen molar-refractivity contribution in [2.24, 2.45) is 17.8 Å². The molecule has 1 fully saturated rings. The molecule has 122 valence electrons. The zero-order valence-electron chi connectivity index (χ0n) is 13.6. The molecular weight excluding hydrogens is 286 g/mol. The van der Waals surface area contributed by atoms with Crippen LogP contribution in [-0.4, -0.2) is 34.5 Å². The van der Waals surface area contributed by atoms with Crippen LogP contribution in [0.15, 0.2) is 0 Å². The highest BCUT2D eigenvalue weighted by Crippen LogP contribution is 2.38. The van der Waals surface area contributed by atoms with Gasteiger partial charge in [0.25, 0.3) is 0 Å². The van der Waals surface area contributed by atoms with Gasteiger partial charge in [0.15, 0.2) is 0 Å². The summed E-state index contributed by atoms with van der Waals surface area (Å²) in [5.41, 5.74) is 0. The van der Waals surface area contributed by atoms with Crippen LogP contribution in [0.1, 0.15) is 52.9 Å². The normalized spacial score (nSPS) is 25.8. The number of carbonyl (C=O) groups excluding carboxylic acids is 1. The number of thioether (sulfide) groups is 1. The van der Waals surface area contributed by atoms with Crippen LogP contribution in [0.3, 0.4) is 0 Å². The number of hydrogen-bond donors (Lipinski definition) is 2. The number of nitrogens with one attached hydrogen (secondary N) is 1. The van der Waals surface area contributed by atoms with E-state index in [0.717, 1.165) is 19.3 Å². The largest absolute Gasteiger partial charge is 0.481 e. The molecule has 2 N–H and O–H groups in total. The van der Waals surface area contributed by atoms with Crippen molar-refractivity contribution < 1.29 is 14.7 Å². The summed E-state index contributed by atoms with van der Waals surface area (Å²) in [6.45, 7) is 6.96. The molecule has 1 unspecified atom stereocenters. The van der Waals surface area contributed by atoms with E-state index in [-0.39, 0.29) is 16.6 Å². The van der Waals surface area contributed by atoms with Gasteiger partial charge in [0.2, 0.25) is 5.91 Å². The summed E-state index contributed by atoms with van der Waals surface area (Å²) in [6.07, 6.45) is 6.36. The third-order valence-corrected chi connectivity index (χ3v) is 6.79. The quantitative estimate of drug-likeness (QED) is 0.722. The lowest BCUT2D eigenvalue weighted by Gasteiger charge is -2.30. The molecule has 0 radical (unpaired) electrons. The average Bonchev–Trinajstić information content (AvgIpc) is 2.93. The van der Waals surface area contributed by atoms with E-state index < -0.39 is 11.9 Å². The van der Waals surface area contributed by atoms with Gasteiger partial charge in [0.1, 0.15) is 0 Å². The highest BCUT2D eigenvalue weighted by molar-refractivity contribution is 8.00. The Morgan fingerprint density at radius 3 is 2.19 bits per heavy atom. The number of aliphatic carboxylic acids is 1. The second-order valence-electron chi connectivity index (χ2n) is 6.11. The Kier molecular flexibility index (Phi) is 7.04. The third kappa shape index (κ3) is 4.38. The summed E-state index contributed by atoms with van der Waals surface area (Å²) in [4.78, 5) is 23.8. The lowest BCUT2D eigenvalue weighted by Crippen LogP contribution is -2.43. The van der Waals surface area contributed by atoms with Crippen LogP contribution >= 0.6 is 11.8 Å². The van der Waals surface area contributed by atoms with Gasteiger partial charge in [-0.05, 0) is 37.9 Å². The molecule has 1 aliphatic rings. The number of hydrogen-bond acceptors (Lipinski definition) is 3. The van der Waals surface area contributed by atoms with Gasteiger partial charge in [-0.1, -0.05) is 27.2 Å². The Balaban J connectivity index is 2.67. The predicted octanol–water partition coefficient (Wildman–Crippen LogP) is 3.16. The minimum absolute atomic E-state index is 0.0666. The first-order valence-corrected chi connectivity index (χ1v) is 9.21. The van der Waals surface area contributed by atoms with Crippen LogP contribution in [0.4, 0.5) is 0 Å². The molecule has 4 nitrogen and oxygen atoms in total. The van der Waals surface area contributed by atoms with Crippen LogP contribution in [0.2, 0.25) is 0 Å². The van der Waals surface area contributed by atoms with E-state index >= 15 is 0 Å². The summed E-state index contributed by atoms with van der Waals surface area (Å²) < 4.78 is 0.0666. The molecule has 0 heterocycles. The van der Waals surface area contributed by atoms with E-state index in [9.17, 15) is 14.7 Å². The molecule has 0 aromatic rings. The average molecular weight is 315 g/mol. The Morgan fingerprint density at radius 2 is 1.76 bits per heavy atom. The number of rotatable bonds is 8. The molecule has 0 saturated heterocycles. The molecule has 1 aliphatic carbocycles. The highest BCUT2D eigenvalue weighted by atomic mass is 32.2. The summed E-state index contributed by atoms with van der Waals surface area (Å²) >= 11 is 1.78. The maximum atomic E-state index is 12.4. The van der Waals surface area contributed by atoms with Gasteiger partial charge in [0, 0.05) is 11.3 Å². The Labute approximate surface area is 132 Å². The first-order valence-electron chi connectivity index (χ1n) is 7.98. The fourth-order valence-corrected chi connectivity index (χ4v) is 4.07. The zero-order valence-corrected chi connectivity index (χ0v) is 14.5. The van der Waals surface area contributed by atoms with Crippen LogP contribution in [0, 0.1) is 17.8 Å². The van der Waals surface area contributed by atoms with Crippen molar-refractivity contribution >= 4 is 23.6 Å². The minimum Gasteiger partial charge on any atom is -0.481 e. The van der Waals surface area contributed by atoms with Crippen molar-refractivity contribution in [3.8, 4) is 0 Å². The van der Waals surface area contributed by atoms with E-state index in [2.05, 4.69) is 32.3 Å². The zero-order chi connectivity index (χ0) is 16.0. The second-order valence-corrected chi connectivity index (χ2v) is 7.38. The van der Waals surface area contributed by atoms with Crippen LogP contribution in [0.5, 0.6) is 0 Å². The molecular formula is C16H29NO3S. The highest BCUT2D eigenvalue weighted by Gasteiger charge is 2.42. The topological polar surface area (TPSA) is 66.4 Å². The fraction of sp³-hybridized carbons (Fsp3) is 0.875. The minimum atomic E-state index is -0.826. The Bertz CT molecular complexity index is 360. The molecule has 0 bridgehead atoms. The van der Waals surface area contributed by atoms with Gasteiger partial charge >= 0.3 is 5.97 Å². The molecule has 21 heavy (non-hydrogen) atoms. The van der Waals surface area contributed by atoms with Crippen LogP contribution in [-0.2, 0) is 9.59 Å². The van der Waals surface area contributed by atoms with Gasteiger partial charge in [-0.15, -0.1) is 0 Å². The second kappa shape index (κ2) is 8.06.